The number of nitrogens with zero attached hydrogens (tertiary/aromatic N) is 9. The van der Waals surface area contributed by atoms with Crippen molar-refractivity contribution < 1.29 is 107 Å². The van der Waals surface area contributed by atoms with Crippen molar-refractivity contribution in [2.75, 3.05) is 153 Å². The first-order valence-corrected chi connectivity index (χ1v) is 54.1. The molecule has 20 rings (SSSR count). The van der Waals surface area contributed by atoms with E-state index in [2.05, 4.69) is 88.7 Å². The Bertz CT molecular complexity index is 6930. The maximum Gasteiger partial charge on any atom is 0.534 e. The molecule has 790 valence electrons. The molecule has 0 bridgehead atoms. The Hall–Kier alpha value is -12.9. The Balaban J connectivity index is 0.000000137. The fourth-order valence-corrected chi connectivity index (χ4v) is 24.0. The van der Waals surface area contributed by atoms with Crippen LogP contribution in [0.5, 0.6) is 11.5 Å². The second-order valence-electron chi connectivity index (χ2n) is 39.6. The van der Waals surface area contributed by atoms with Crippen molar-refractivity contribution >= 4 is 123 Å². The standard InChI is InChI=1S/C36H41N3O4.C29H31F3N2O7S.C28H32N2O5.C22H27BrN2O4/c1-37(2)30-16-13-26(14-17-30)25-9-11-28(12-10-25)35-34(27-7-5-4-6-8-27)31-18-15-29(36(41)42-3)23-32(31)39(35)24-33(40)38-19-21-43-22-20-38;1-39-28(36)21-9-12-23-24(17-21)34(18-25(35)33-13-15-40-16-14-33)27(26(23)19-5-3-2-4-6-19)20-7-10-22(11-8-20)41-42(37,38)29(30,31)32;1-34-28(33)21-9-12-23-24(17-21)30(18-25(32)29-13-15-35-16-14-29)27(20-7-10-22(31)11-8-20)26(23)19-5-3-2-4-6-19;1-28-22(27)16-7-8-17-18(13-16)25(14-19(26)24-9-11-29-12-10-24)21(23)20(17)15-5-3-2-4-6-15/h9-18,23,27H,4-8,19-22,24H2,1-3H3;7-12,17,19H,2-6,13-16,18H2,1H3;7-12,17,19,31H,2-6,13-16,18H2,1H3;7-8,13,15H,2-6,9-12,14H2,1H3. The van der Waals surface area contributed by atoms with Crippen LogP contribution in [0.3, 0.4) is 0 Å². The summed E-state index contributed by atoms with van der Waals surface area (Å²) in [5, 5.41) is 14.1. The molecular formula is C115H131BrF3N9O20S. The maximum atomic E-state index is 13.7. The Morgan fingerprint density at radius 3 is 0.879 bits per heavy atom. The number of ether oxygens (including phenoxy) is 8. The lowest BCUT2D eigenvalue weighted by Gasteiger charge is -2.28. The Labute approximate surface area is 874 Å². The quantitative estimate of drug-likeness (QED) is 0.0269. The van der Waals surface area contributed by atoms with E-state index >= 15 is 0 Å². The fourth-order valence-electron chi connectivity index (χ4n) is 22.7. The van der Waals surface area contributed by atoms with Gasteiger partial charge in [0.25, 0.3) is 0 Å². The molecular weight excluding hydrogens is 2000 g/mol. The topological polar surface area (TPSA) is 310 Å². The fraction of sp³-hybridized carbons (Fsp3) is 0.443. The van der Waals surface area contributed by atoms with Crippen LogP contribution in [0.1, 0.15) is 216 Å². The highest BCUT2D eigenvalue weighted by Crippen LogP contribution is 2.51. The molecule has 149 heavy (non-hydrogen) atoms. The van der Waals surface area contributed by atoms with Gasteiger partial charge in [-0.05, 0) is 250 Å². The number of aromatic nitrogens is 4. The van der Waals surface area contributed by atoms with Crippen LogP contribution in [-0.2, 0) is 93.4 Å². The first-order chi connectivity index (χ1) is 72.1. The Kier molecular flexibility index (Phi) is 35.2. The number of esters is 4. The number of phenolic OH excluding ortho intramolecular Hbond substituents is 1. The van der Waals surface area contributed by atoms with Crippen LogP contribution in [0.25, 0.3) is 88.5 Å². The van der Waals surface area contributed by atoms with Crippen LogP contribution in [0.15, 0.2) is 174 Å². The van der Waals surface area contributed by atoms with Gasteiger partial charge in [0, 0.05) is 93.7 Å². The van der Waals surface area contributed by atoms with Gasteiger partial charge in [-0.15, -0.1) is 0 Å². The molecule has 4 aliphatic heterocycles. The van der Waals surface area contributed by atoms with Gasteiger partial charge in [0.2, 0.25) is 23.6 Å². The number of carbonyl (C=O) groups excluding carboxylic acids is 8. The summed E-state index contributed by atoms with van der Waals surface area (Å²) in [5.74, 6) is -0.547. The lowest BCUT2D eigenvalue weighted by atomic mass is 9.81. The highest BCUT2D eigenvalue weighted by atomic mass is 79.9. The number of rotatable bonds is 23. The van der Waals surface area contributed by atoms with Crippen LogP contribution < -0.4 is 9.08 Å². The van der Waals surface area contributed by atoms with E-state index in [0.717, 1.165) is 165 Å². The molecule has 0 atom stereocenters. The zero-order chi connectivity index (χ0) is 105. The second kappa shape index (κ2) is 48.8. The average molecular weight is 2130 g/mol. The molecule has 0 unspecified atom stereocenters. The van der Waals surface area contributed by atoms with Crippen molar-refractivity contribution in [3.63, 3.8) is 0 Å². The van der Waals surface area contributed by atoms with Gasteiger partial charge in [-0.1, -0.05) is 138 Å². The van der Waals surface area contributed by atoms with E-state index < -0.39 is 33.3 Å². The molecule has 8 heterocycles. The third-order valence-electron chi connectivity index (χ3n) is 30.3. The number of aromatic hydroxyl groups is 1. The van der Waals surface area contributed by atoms with E-state index in [1.165, 1.54) is 121 Å². The van der Waals surface area contributed by atoms with Gasteiger partial charge in [-0.3, -0.25) is 19.2 Å². The number of hydrogen-bond acceptors (Lipinski definition) is 21. The summed E-state index contributed by atoms with van der Waals surface area (Å²) in [5.41, 5.74) is 13.1. The van der Waals surface area contributed by atoms with E-state index in [1.807, 2.05) is 105 Å². The van der Waals surface area contributed by atoms with Crippen LogP contribution in [0, 0.1) is 0 Å². The monoisotopic (exact) mass is 2130 g/mol. The smallest absolute Gasteiger partial charge is 0.508 e. The highest BCUT2D eigenvalue weighted by molar-refractivity contribution is 9.10. The number of hydrogen-bond donors (Lipinski definition) is 1. The van der Waals surface area contributed by atoms with E-state index in [1.54, 1.807) is 29.2 Å². The molecule has 0 radical (unpaired) electrons. The summed E-state index contributed by atoms with van der Waals surface area (Å²) >= 11 is 3.81. The molecule has 4 aromatic heterocycles. The lowest BCUT2D eigenvalue weighted by Crippen LogP contribution is -2.42. The van der Waals surface area contributed by atoms with Gasteiger partial charge in [-0.25, -0.2) is 19.2 Å². The maximum absolute atomic E-state index is 13.7. The predicted octanol–water partition coefficient (Wildman–Crippen LogP) is 20.8. The normalized spacial score (nSPS) is 16.9. The third-order valence-corrected chi connectivity index (χ3v) is 32.2. The molecule has 4 saturated carbocycles. The van der Waals surface area contributed by atoms with Gasteiger partial charge < -0.3 is 90.0 Å². The van der Waals surface area contributed by atoms with E-state index in [0.29, 0.717) is 162 Å². The van der Waals surface area contributed by atoms with E-state index in [9.17, 15) is 65.1 Å². The molecule has 4 aliphatic carbocycles. The first kappa shape index (κ1) is 107. The van der Waals surface area contributed by atoms with E-state index in [4.69, 9.17) is 37.9 Å². The van der Waals surface area contributed by atoms with Crippen LogP contribution in [-0.4, -0.2) is 252 Å². The Morgan fingerprint density at radius 1 is 0.349 bits per heavy atom. The van der Waals surface area contributed by atoms with Crippen LogP contribution in [0.4, 0.5) is 18.9 Å². The zero-order valence-corrected chi connectivity index (χ0v) is 87.8. The minimum Gasteiger partial charge on any atom is -0.508 e. The Morgan fingerprint density at radius 2 is 0.597 bits per heavy atom. The van der Waals surface area contributed by atoms with Crippen LogP contribution in [0.2, 0.25) is 0 Å². The summed E-state index contributed by atoms with van der Waals surface area (Å²) in [6.45, 7) is 9.26. The first-order valence-electron chi connectivity index (χ1n) is 51.9. The summed E-state index contributed by atoms with van der Waals surface area (Å²) in [6, 6.07) is 52.2. The van der Waals surface area contributed by atoms with Crippen LogP contribution >= 0.6 is 15.9 Å². The molecule has 8 aliphatic rings. The number of benzene rings is 8. The second-order valence-corrected chi connectivity index (χ2v) is 41.9. The van der Waals surface area contributed by atoms with Crippen molar-refractivity contribution in [3.05, 3.63) is 219 Å². The molecule has 8 fully saturated rings. The largest absolute Gasteiger partial charge is 0.534 e. The number of alkyl halides is 3. The molecule has 34 heteroatoms. The minimum absolute atomic E-state index is 0.0314. The molecule has 8 aromatic carbocycles. The number of amides is 4. The SMILES string of the molecule is COC(=O)c1ccc2c(C3CCCCC3)c(-c3ccc(-c4ccc(N(C)C)cc4)cc3)n(CC(=O)N3CCOCC3)c2c1.COC(=O)c1ccc2c(C3CCCCC3)c(-c3ccc(O)cc3)n(CC(=O)N3CCOCC3)c2c1.COC(=O)c1ccc2c(C3CCCCC3)c(-c3ccc(OS(=O)(=O)C(F)(F)F)cc3)n(CC(=O)N3CCOCC3)c2c1.COC(=O)c1ccc2c(C3CCCCC3)c(Br)n(CC(=O)N3CCOCC3)c2c1. The third kappa shape index (κ3) is 24.4. The predicted molar refractivity (Wildman–Crippen MR) is 567 cm³/mol. The summed E-state index contributed by atoms with van der Waals surface area (Å²) in [7, 11) is 3.71. The molecule has 0 spiro atoms. The minimum atomic E-state index is -5.84. The van der Waals surface area contributed by atoms with Crippen molar-refractivity contribution in [2.24, 2.45) is 0 Å². The van der Waals surface area contributed by atoms with Gasteiger partial charge in [0.05, 0.1) is 147 Å². The van der Waals surface area contributed by atoms with Gasteiger partial charge in [0.15, 0.2) is 0 Å². The van der Waals surface area contributed by atoms with Gasteiger partial charge >= 0.3 is 39.5 Å². The number of fused-ring (bicyclic) bond motifs is 4. The number of phenols is 1. The van der Waals surface area contributed by atoms with Crippen molar-refractivity contribution in [2.45, 2.75) is 184 Å². The molecule has 12 aromatic rings. The molecule has 4 saturated heterocycles. The van der Waals surface area contributed by atoms with E-state index in [-0.39, 0.29) is 73.4 Å². The van der Waals surface area contributed by atoms with Crippen molar-refractivity contribution in [1.82, 2.24) is 37.9 Å². The number of carbonyl (C=O) groups is 8. The number of morpholine rings is 4. The summed E-state index contributed by atoms with van der Waals surface area (Å²) in [6.07, 6.45) is 22.7. The zero-order valence-electron chi connectivity index (χ0n) is 85.4. The summed E-state index contributed by atoms with van der Waals surface area (Å²) in [4.78, 5) is 113. The highest BCUT2D eigenvalue weighted by Gasteiger charge is 2.49. The average Bonchev–Trinajstić information content (AvgIpc) is 1.60. The summed E-state index contributed by atoms with van der Waals surface area (Å²) < 4.78 is 117. The lowest BCUT2D eigenvalue weighted by molar-refractivity contribution is -0.136. The molecule has 1 N–H and O–H groups in total. The van der Waals surface area contributed by atoms with Crippen molar-refractivity contribution in [1.29, 1.82) is 0 Å². The molecule has 29 nitrogen and oxygen atoms in total. The van der Waals surface area contributed by atoms with Gasteiger partial charge in [-0.2, -0.15) is 21.6 Å². The number of methoxy groups -OCH3 is 4. The van der Waals surface area contributed by atoms with Gasteiger partial charge in [0.1, 0.15) is 37.7 Å². The number of halogens is 4. The van der Waals surface area contributed by atoms with Crippen molar-refractivity contribution in [3.8, 4) is 56.4 Å². The molecule has 4 amide bonds. The number of anilines is 1.